The van der Waals surface area contributed by atoms with Crippen molar-refractivity contribution in [3.63, 3.8) is 0 Å². The van der Waals surface area contributed by atoms with E-state index >= 15 is 0 Å². The lowest BCUT2D eigenvalue weighted by Gasteiger charge is -2.24. The predicted molar refractivity (Wildman–Crippen MR) is 118 cm³/mol. The van der Waals surface area contributed by atoms with Gasteiger partial charge >= 0.3 is 6.03 Å². The number of hydrogen-bond donors (Lipinski definition) is 2. The van der Waals surface area contributed by atoms with Crippen LogP contribution in [0.2, 0.25) is 0 Å². The summed E-state index contributed by atoms with van der Waals surface area (Å²) in [5, 5.41) is 7.12. The van der Waals surface area contributed by atoms with E-state index in [0.29, 0.717) is 43.5 Å². The third kappa shape index (κ3) is 6.43. The Kier molecular flexibility index (Phi) is 7.39. The fourth-order valence-electron chi connectivity index (χ4n) is 3.66. The molecule has 2 aliphatic rings. The standard InChI is InChI=1S/C22H27N3O5S/c26-21(15-25(13-17-4-1-8-28-17)14-18-5-2-11-31-18)24-22(27)23-16-6-7-19-20(12-16)30-10-3-9-29-19/h2,5-7,11-12,17H,1,3-4,8-10,13-15H2,(H2,23,24,26,27)/t17-/m1/s1. The molecule has 0 aliphatic carbocycles. The molecule has 0 spiro atoms. The number of imide groups is 1. The number of thiophene rings is 1. The summed E-state index contributed by atoms with van der Waals surface area (Å²) in [6.45, 7) is 3.35. The van der Waals surface area contributed by atoms with E-state index in [0.717, 1.165) is 25.9 Å². The molecule has 3 heterocycles. The van der Waals surface area contributed by atoms with Gasteiger partial charge in [0.15, 0.2) is 11.5 Å². The van der Waals surface area contributed by atoms with E-state index < -0.39 is 6.03 Å². The van der Waals surface area contributed by atoms with Crippen molar-refractivity contribution < 1.29 is 23.8 Å². The third-order valence-electron chi connectivity index (χ3n) is 5.07. The third-order valence-corrected chi connectivity index (χ3v) is 5.93. The monoisotopic (exact) mass is 445 g/mol. The average Bonchev–Trinajstić information content (AvgIpc) is 3.38. The molecule has 2 aromatic rings. The maximum Gasteiger partial charge on any atom is 0.325 e. The number of amides is 3. The summed E-state index contributed by atoms with van der Waals surface area (Å²) in [4.78, 5) is 28.1. The molecule has 4 rings (SSSR count). The van der Waals surface area contributed by atoms with Gasteiger partial charge in [0, 0.05) is 42.7 Å². The maximum atomic E-state index is 12.5. The number of anilines is 1. The molecule has 3 amide bonds. The molecule has 2 N–H and O–H groups in total. The Labute approximate surface area is 185 Å². The first-order valence-electron chi connectivity index (χ1n) is 10.5. The summed E-state index contributed by atoms with van der Waals surface area (Å²) in [6, 6.07) is 8.63. The van der Waals surface area contributed by atoms with Gasteiger partial charge in [-0.05, 0) is 36.4 Å². The Hall–Kier alpha value is -2.62. The van der Waals surface area contributed by atoms with E-state index in [4.69, 9.17) is 14.2 Å². The topological polar surface area (TPSA) is 89.1 Å². The molecule has 166 valence electrons. The normalized spacial score (nSPS) is 17.9. The van der Waals surface area contributed by atoms with Gasteiger partial charge in [-0.1, -0.05) is 6.07 Å². The van der Waals surface area contributed by atoms with Gasteiger partial charge in [-0.3, -0.25) is 15.0 Å². The molecule has 1 fully saturated rings. The lowest BCUT2D eigenvalue weighted by Crippen LogP contribution is -2.43. The number of nitrogens with one attached hydrogen (secondary N) is 2. The number of carbonyl (C=O) groups excluding carboxylic acids is 2. The van der Waals surface area contributed by atoms with Crippen molar-refractivity contribution in [3.8, 4) is 11.5 Å². The number of rotatable bonds is 7. The van der Waals surface area contributed by atoms with Crippen LogP contribution in [0.15, 0.2) is 35.7 Å². The number of fused-ring (bicyclic) bond motifs is 1. The molecule has 8 nitrogen and oxygen atoms in total. The first-order valence-corrected chi connectivity index (χ1v) is 11.4. The van der Waals surface area contributed by atoms with Gasteiger partial charge in [-0.25, -0.2) is 4.79 Å². The number of benzene rings is 1. The van der Waals surface area contributed by atoms with Gasteiger partial charge < -0.3 is 19.5 Å². The predicted octanol–water partition coefficient (Wildman–Crippen LogP) is 3.24. The lowest BCUT2D eigenvalue weighted by atomic mass is 10.2. The van der Waals surface area contributed by atoms with Crippen molar-refractivity contribution in [1.82, 2.24) is 10.2 Å². The first-order chi connectivity index (χ1) is 15.2. The number of urea groups is 1. The van der Waals surface area contributed by atoms with E-state index in [1.54, 1.807) is 29.5 Å². The fraction of sp³-hybridized carbons (Fsp3) is 0.455. The van der Waals surface area contributed by atoms with Crippen LogP contribution in [0.4, 0.5) is 10.5 Å². The lowest BCUT2D eigenvalue weighted by molar-refractivity contribution is -0.121. The van der Waals surface area contributed by atoms with E-state index in [9.17, 15) is 9.59 Å². The van der Waals surface area contributed by atoms with Crippen molar-refractivity contribution in [2.75, 3.05) is 38.2 Å². The highest BCUT2D eigenvalue weighted by atomic mass is 32.1. The summed E-state index contributed by atoms with van der Waals surface area (Å²) in [6.07, 6.45) is 2.97. The first kappa shape index (κ1) is 21.6. The number of nitrogens with zero attached hydrogens (tertiary/aromatic N) is 1. The van der Waals surface area contributed by atoms with Crippen LogP contribution in [0, 0.1) is 0 Å². The molecule has 1 aromatic carbocycles. The summed E-state index contributed by atoms with van der Waals surface area (Å²) in [7, 11) is 0. The van der Waals surface area contributed by atoms with Gasteiger partial charge in [-0.2, -0.15) is 0 Å². The van der Waals surface area contributed by atoms with Crippen molar-refractivity contribution in [2.24, 2.45) is 0 Å². The Morgan fingerprint density at radius 3 is 2.74 bits per heavy atom. The largest absolute Gasteiger partial charge is 0.490 e. The quantitative estimate of drug-likeness (QED) is 0.680. The highest BCUT2D eigenvalue weighted by molar-refractivity contribution is 7.09. The molecule has 1 aromatic heterocycles. The second kappa shape index (κ2) is 10.6. The molecule has 0 unspecified atom stereocenters. The minimum Gasteiger partial charge on any atom is -0.490 e. The minimum atomic E-state index is -0.576. The molecular weight excluding hydrogens is 418 g/mol. The average molecular weight is 446 g/mol. The van der Waals surface area contributed by atoms with E-state index in [1.807, 2.05) is 22.4 Å². The molecule has 31 heavy (non-hydrogen) atoms. The van der Waals surface area contributed by atoms with Gasteiger partial charge in [0.2, 0.25) is 5.91 Å². The van der Waals surface area contributed by atoms with Crippen LogP contribution in [0.5, 0.6) is 11.5 Å². The van der Waals surface area contributed by atoms with Crippen LogP contribution in [-0.4, -0.2) is 55.9 Å². The minimum absolute atomic E-state index is 0.117. The van der Waals surface area contributed by atoms with Crippen LogP contribution in [0.25, 0.3) is 0 Å². The second-order valence-corrected chi connectivity index (χ2v) is 8.63. The van der Waals surface area contributed by atoms with Gasteiger partial charge in [-0.15, -0.1) is 11.3 Å². The molecule has 1 atom stereocenters. The fourth-order valence-corrected chi connectivity index (χ4v) is 4.40. The van der Waals surface area contributed by atoms with Gasteiger partial charge in [0.25, 0.3) is 0 Å². The van der Waals surface area contributed by atoms with Crippen LogP contribution in [0.3, 0.4) is 0 Å². The zero-order valence-electron chi connectivity index (χ0n) is 17.3. The van der Waals surface area contributed by atoms with Crippen molar-refractivity contribution in [3.05, 3.63) is 40.6 Å². The van der Waals surface area contributed by atoms with Crippen molar-refractivity contribution in [2.45, 2.75) is 31.9 Å². The second-order valence-electron chi connectivity index (χ2n) is 7.60. The van der Waals surface area contributed by atoms with Gasteiger partial charge in [0.1, 0.15) is 0 Å². The maximum absolute atomic E-state index is 12.5. The van der Waals surface area contributed by atoms with Crippen molar-refractivity contribution in [1.29, 1.82) is 0 Å². The Morgan fingerprint density at radius 2 is 1.97 bits per heavy atom. The highest BCUT2D eigenvalue weighted by Gasteiger charge is 2.22. The van der Waals surface area contributed by atoms with E-state index in [-0.39, 0.29) is 18.6 Å². The van der Waals surface area contributed by atoms with Crippen LogP contribution in [-0.2, 0) is 16.1 Å². The summed E-state index contributed by atoms with van der Waals surface area (Å²) >= 11 is 1.65. The van der Waals surface area contributed by atoms with E-state index in [1.165, 1.54) is 4.88 Å². The Bertz CT molecular complexity index is 883. The van der Waals surface area contributed by atoms with Gasteiger partial charge in [0.05, 0.1) is 25.9 Å². The van der Waals surface area contributed by atoms with Crippen LogP contribution < -0.4 is 20.1 Å². The van der Waals surface area contributed by atoms with Crippen molar-refractivity contribution >= 4 is 29.0 Å². The highest BCUT2D eigenvalue weighted by Crippen LogP contribution is 2.32. The SMILES string of the molecule is O=C(CN(Cc1cccs1)C[C@H]1CCCO1)NC(=O)Nc1ccc2c(c1)OCCCO2. The van der Waals surface area contributed by atoms with Crippen LogP contribution in [0.1, 0.15) is 24.1 Å². The zero-order valence-corrected chi connectivity index (χ0v) is 18.1. The zero-order chi connectivity index (χ0) is 21.5. The summed E-state index contributed by atoms with van der Waals surface area (Å²) in [5.74, 6) is 0.875. The Morgan fingerprint density at radius 1 is 1.10 bits per heavy atom. The molecular formula is C22H27N3O5S. The molecule has 9 heteroatoms. The van der Waals surface area contributed by atoms with E-state index in [2.05, 4.69) is 10.6 Å². The van der Waals surface area contributed by atoms with Crippen LogP contribution >= 0.6 is 11.3 Å². The molecule has 1 saturated heterocycles. The molecule has 0 saturated carbocycles. The molecule has 0 radical (unpaired) electrons. The molecule has 0 bridgehead atoms. The number of hydrogen-bond acceptors (Lipinski definition) is 7. The summed E-state index contributed by atoms with van der Waals surface area (Å²) in [5.41, 5.74) is 0.532. The number of ether oxygens (including phenoxy) is 3. The Balaban J connectivity index is 1.31. The summed E-state index contributed by atoms with van der Waals surface area (Å²) < 4.78 is 17.0. The molecule has 2 aliphatic heterocycles. The number of carbonyl (C=O) groups is 2. The smallest absolute Gasteiger partial charge is 0.325 e.